The fourth-order valence-electron chi connectivity index (χ4n) is 2.13. The van der Waals surface area contributed by atoms with Gasteiger partial charge in [-0.05, 0) is 24.2 Å². The van der Waals surface area contributed by atoms with Gasteiger partial charge in [0.2, 0.25) is 0 Å². The van der Waals surface area contributed by atoms with Crippen molar-refractivity contribution in [2.45, 2.75) is 31.4 Å². The molecule has 0 spiro atoms. The maximum Gasteiger partial charge on any atom is 0.413 e. The molecule has 2 atom stereocenters. The number of rotatable bonds is 3. The van der Waals surface area contributed by atoms with Gasteiger partial charge in [-0.25, -0.2) is 0 Å². The fraction of sp³-hybridized carbons (Fsp3) is 0.600. The summed E-state index contributed by atoms with van der Waals surface area (Å²) in [6.45, 7) is 0. The summed E-state index contributed by atoms with van der Waals surface area (Å²) < 4.78 is 0.816. The molecule has 0 aromatic carbocycles. The molecule has 8 nitrogen and oxygen atoms in total. The number of halogens is 1. The summed E-state index contributed by atoms with van der Waals surface area (Å²) in [5.41, 5.74) is -0.747. The monoisotopic (exact) mass is 288 g/mol. The minimum absolute atomic E-state index is 0.124. The summed E-state index contributed by atoms with van der Waals surface area (Å²) in [5.74, 6) is -0.522. The van der Waals surface area contributed by atoms with Crippen molar-refractivity contribution < 1.29 is 10.0 Å². The first kappa shape index (κ1) is 13.8. The molecule has 9 heteroatoms. The van der Waals surface area contributed by atoms with E-state index in [4.69, 9.17) is 11.6 Å². The molecule has 0 radical (unpaired) electrons. The van der Waals surface area contributed by atoms with Gasteiger partial charge in [-0.15, -0.1) is 4.68 Å². The molecule has 1 aromatic heterocycles. The fourth-order valence-corrected chi connectivity index (χ4v) is 2.40. The first-order chi connectivity index (χ1) is 8.91. The zero-order valence-electron chi connectivity index (χ0n) is 10.2. The van der Waals surface area contributed by atoms with Gasteiger partial charge >= 0.3 is 11.4 Å². The van der Waals surface area contributed by atoms with Crippen molar-refractivity contribution in [1.29, 1.82) is 0 Å². The zero-order chi connectivity index (χ0) is 14.2. The van der Waals surface area contributed by atoms with Gasteiger partial charge in [0.05, 0.1) is 24.3 Å². The summed E-state index contributed by atoms with van der Waals surface area (Å²) in [7, 11) is 1.29. The second kappa shape index (κ2) is 5.14. The van der Waals surface area contributed by atoms with E-state index in [9.17, 15) is 20.0 Å². The molecule has 1 aliphatic rings. The van der Waals surface area contributed by atoms with E-state index in [-0.39, 0.29) is 16.8 Å². The van der Waals surface area contributed by atoms with E-state index in [0.717, 1.165) is 11.1 Å². The van der Waals surface area contributed by atoms with Gasteiger partial charge < -0.3 is 20.5 Å². The molecule has 104 valence electrons. The highest BCUT2D eigenvalue weighted by Gasteiger charge is 2.31. The maximum absolute atomic E-state index is 11.7. The number of nitrogens with one attached hydrogen (secondary N) is 1. The second-order valence-electron chi connectivity index (χ2n) is 4.45. The lowest BCUT2D eigenvalue weighted by Crippen LogP contribution is -2.31. The van der Waals surface area contributed by atoms with Crippen LogP contribution in [0, 0.1) is 10.1 Å². The Kier molecular flexibility index (Phi) is 3.72. The van der Waals surface area contributed by atoms with Crippen LogP contribution in [0.15, 0.2) is 4.79 Å². The van der Waals surface area contributed by atoms with E-state index < -0.39 is 22.4 Å². The van der Waals surface area contributed by atoms with Crippen LogP contribution in [-0.4, -0.2) is 32.0 Å². The predicted molar refractivity (Wildman–Crippen MR) is 68.4 cm³/mol. The Morgan fingerprint density at radius 2 is 2.26 bits per heavy atom. The summed E-state index contributed by atoms with van der Waals surface area (Å²) in [4.78, 5) is 21.9. The molecule has 1 fully saturated rings. The van der Waals surface area contributed by atoms with Gasteiger partial charge in [0, 0.05) is 0 Å². The number of aryl methyl sites for hydroxylation is 1. The lowest BCUT2D eigenvalue weighted by Gasteiger charge is -2.17. The van der Waals surface area contributed by atoms with Crippen molar-refractivity contribution in [3.8, 4) is 0 Å². The Morgan fingerprint density at radius 1 is 1.58 bits per heavy atom. The Balaban J connectivity index is 2.45. The molecule has 0 saturated heterocycles. The Bertz CT molecular complexity index is 573. The van der Waals surface area contributed by atoms with Crippen LogP contribution in [0.1, 0.15) is 19.3 Å². The molecule has 0 bridgehead atoms. The van der Waals surface area contributed by atoms with Crippen LogP contribution in [0.2, 0.25) is 5.02 Å². The van der Waals surface area contributed by atoms with Crippen LogP contribution in [0.4, 0.5) is 11.5 Å². The van der Waals surface area contributed by atoms with Gasteiger partial charge in [-0.2, -0.15) is 0 Å². The second-order valence-corrected chi connectivity index (χ2v) is 4.83. The van der Waals surface area contributed by atoms with Crippen LogP contribution in [0.3, 0.4) is 0 Å². The topological polar surface area (TPSA) is 110 Å². The van der Waals surface area contributed by atoms with Crippen LogP contribution in [0.5, 0.6) is 0 Å². The number of nitro groups is 1. The molecule has 1 aliphatic carbocycles. The van der Waals surface area contributed by atoms with Crippen molar-refractivity contribution in [2.24, 2.45) is 7.05 Å². The van der Waals surface area contributed by atoms with E-state index in [0.29, 0.717) is 12.8 Å². The highest BCUT2D eigenvalue weighted by Crippen LogP contribution is 2.31. The molecule has 0 amide bonds. The summed E-state index contributed by atoms with van der Waals surface area (Å²) in [6, 6.07) is -0.356. The largest absolute Gasteiger partial charge is 0.413 e. The quantitative estimate of drug-likeness (QED) is 0.625. The molecule has 0 unspecified atom stereocenters. The summed E-state index contributed by atoms with van der Waals surface area (Å²) in [5, 5.41) is 26.7. The van der Waals surface area contributed by atoms with E-state index in [1.165, 1.54) is 7.05 Å². The van der Waals surface area contributed by atoms with Crippen molar-refractivity contribution in [2.75, 3.05) is 5.32 Å². The Morgan fingerprint density at radius 3 is 2.79 bits per heavy atom. The third-order valence-electron chi connectivity index (χ3n) is 3.15. The van der Waals surface area contributed by atoms with Crippen LogP contribution in [-0.2, 0) is 7.05 Å². The van der Waals surface area contributed by atoms with Gasteiger partial charge in [0.25, 0.3) is 0 Å². The normalized spacial score (nSPS) is 22.5. The molecule has 2 N–H and O–H groups in total. The minimum atomic E-state index is -0.713. The SMILES string of the molecule is Cn1nc([N+](=O)[O-])c(N[C@H]2CCC[C@@H]2O)c(Cl)c1=O. The zero-order valence-corrected chi connectivity index (χ0v) is 10.9. The third-order valence-corrected chi connectivity index (χ3v) is 3.50. The summed E-state index contributed by atoms with van der Waals surface area (Å²) >= 11 is 5.85. The van der Waals surface area contributed by atoms with Crippen LogP contribution in [0.25, 0.3) is 0 Å². The molecular weight excluding hydrogens is 276 g/mol. The molecule has 0 aliphatic heterocycles. The number of nitrogens with zero attached hydrogens (tertiary/aromatic N) is 3. The number of aliphatic hydroxyl groups is 1. The number of aliphatic hydroxyl groups excluding tert-OH is 1. The number of hydrogen-bond acceptors (Lipinski definition) is 6. The van der Waals surface area contributed by atoms with Crippen LogP contribution >= 0.6 is 11.6 Å². The minimum Gasteiger partial charge on any atom is -0.391 e. The first-order valence-corrected chi connectivity index (χ1v) is 6.15. The van der Waals surface area contributed by atoms with Crippen molar-refractivity contribution in [1.82, 2.24) is 9.78 Å². The average molecular weight is 289 g/mol. The molecule has 1 heterocycles. The smallest absolute Gasteiger partial charge is 0.391 e. The van der Waals surface area contributed by atoms with Crippen LogP contribution < -0.4 is 10.9 Å². The van der Waals surface area contributed by atoms with E-state index >= 15 is 0 Å². The highest BCUT2D eigenvalue weighted by molar-refractivity contribution is 6.33. The summed E-state index contributed by atoms with van der Waals surface area (Å²) in [6.07, 6.45) is 1.47. The lowest BCUT2D eigenvalue weighted by atomic mass is 10.2. The van der Waals surface area contributed by atoms with Crippen molar-refractivity contribution in [3.63, 3.8) is 0 Å². The van der Waals surface area contributed by atoms with E-state index in [1.54, 1.807) is 0 Å². The third kappa shape index (κ3) is 2.54. The first-order valence-electron chi connectivity index (χ1n) is 5.77. The maximum atomic E-state index is 11.7. The molecule has 1 aromatic rings. The lowest BCUT2D eigenvalue weighted by molar-refractivity contribution is -0.389. The standard InChI is InChI=1S/C10H13ClN4O4/c1-14-10(17)7(11)8(9(13-14)15(18)19)12-5-3-2-4-6(5)16/h5-6,12,16H,2-4H2,1H3/t5-,6-/m0/s1. The van der Waals surface area contributed by atoms with Gasteiger partial charge in [0.1, 0.15) is 5.02 Å². The molecule has 19 heavy (non-hydrogen) atoms. The highest BCUT2D eigenvalue weighted by atomic mass is 35.5. The van der Waals surface area contributed by atoms with E-state index in [1.807, 2.05) is 0 Å². The van der Waals surface area contributed by atoms with Crippen molar-refractivity contribution in [3.05, 3.63) is 25.5 Å². The van der Waals surface area contributed by atoms with E-state index in [2.05, 4.69) is 10.4 Å². The van der Waals surface area contributed by atoms with Gasteiger partial charge in [-0.1, -0.05) is 11.6 Å². The molecule has 2 rings (SSSR count). The molecule has 1 saturated carbocycles. The number of hydrogen-bond donors (Lipinski definition) is 2. The van der Waals surface area contributed by atoms with Crippen molar-refractivity contribution >= 4 is 23.1 Å². The number of aromatic nitrogens is 2. The Hall–Kier alpha value is -1.67. The van der Waals surface area contributed by atoms with Gasteiger partial charge in [-0.3, -0.25) is 4.79 Å². The van der Waals surface area contributed by atoms with Gasteiger partial charge in [0.15, 0.2) is 5.69 Å². The predicted octanol–water partition coefficient (Wildman–Crippen LogP) is 0.667. The number of anilines is 1. The molecular formula is C10H13ClN4O4. The Labute approximate surface area is 113 Å². The average Bonchev–Trinajstić information content (AvgIpc) is 2.75.